The summed E-state index contributed by atoms with van der Waals surface area (Å²) in [6, 6.07) is 4.79. The molecule has 0 spiro atoms. The Morgan fingerprint density at radius 1 is 1.33 bits per heavy atom. The zero-order valence-electron chi connectivity index (χ0n) is 10.9. The molecule has 1 fully saturated rings. The van der Waals surface area contributed by atoms with Crippen LogP contribution in [0.4, 0.5) is 4.39 Å². The molecule has 1 nitrogen and oxygen atoms in total. The molecule has 1 N–H and O–H groups in total. The van der Waals surface area contributed by atoms with Crippen molar-refractivity contribution in [3.05, 3.63) is 34.6 Å². The van der Waals surface area contributed by atoms with Crippen LogP contribution in [0.5, 0.6) is 0 Å². The van der Waals surface area contributed by atoms with E-state index in [2.05, 4.69) is 5.32 Å². The predicted molar refractivity (Wildman–Crippen MR) is 74.4 cm³/mol. The smallest absolute Gasteiger partial charge is 0.123 e. The minimum absolute atomic E-state index is 0.163. The van der Waals surface area contributed by atoms with E-state index in [-0.39, 0.29) is 11.9 Å². The van der Waals surface area contributed by atoms with Crippen molar-refractivity contribution in [2.75, 3.05) is 7.05 Å². The average Bonchev–Trinajstić information content (AvgIpc) is 2.40. The molecule has 100 valence electrons. The van der Waals surface area contributed by atoms with E-state index >= 15 is 0 Å². The molecule has 18 heavy (non-hydrogen) atoms. The second-order valence-electron chi connectivity index (χ2n) is 5.25. The Kier molecular flexibility index (Phi) is 5.02. The lowest BCUT2D eigenvalue weighted by molar-refractivity contribution is 0.305. The van der Waals surface area contributed by atoms with E-state index in [9.17, 15) is 4.39 Å². The molecule has 0 amide bonds. The van der Waals surface area contributed by atoms with Gasteiger partial charge in [0.05, 0.1) is 0 Å². The molecule has 0 radical (unpaired) electrons. The normalized spacial score (nSPS) is 18.8. The number of hydrogen-bond acceptors (Lipinski definition) is 1. The maximum absolute atomic E-state index is 13.3. The summed E-state index contributed by atoms with van der Waals surface area (Å²) in [7, 11) is 1.93. The number of nitrogens with one attached hydrogen (secondary N) is 1. The lowest BCUT2D eigenvalue weighted by Crippen LogP contribution is -2.21. The molecule has 2 rings (SSSR count). The van der Waals surface area contributed by atoms with E-state index in [0.29, 0.717) is 5.02 Å². The molecule has 0 aliphatic heterocycles. The van der Waals surface area contributed by atoms with Gasteiger partial charge in [0.15, 0.2) is 0 Å². The van der Waals surface area contributed by atoms with Gasteiger partial charge < -0.3 is 5.32 Å². The van der Waals surface area contributed by atoms with Crippen LogP contribution in [0.25, 0.3) is 0 Å². The van der Waals surface area contributed by atoms with Crippen LogP contribution < -0.4 is 5.32 Å². The first-order valence-corrected chi connectivity index (χ1v) is 7.20. The highest BCUT2D eigenvalue weighted by Gasteiger charge is 2.21. The molecule has 1 saturated carbocycles. The van der Waals surface area contributed by atoms with Gasteiger partial charge in [0.1, 0.15) is 5.82 Å². The summed E-state index contributed by atoms with van der Waals surface area (Å²) in [4.78, 5) is 0. The molecule has 1 unspecified atom stereocenters. The van der Waals surface area contributed by atoms with Gasteiger partial charge in [0.2, 0.25) is 0 Å². The van der Waals surface area contributed by atoms with Gasteiger partial charge in [0.25, 0.3) is 0 Å². The fraction of sp³-hybridized carbons (Fsp3) is 0.600. The SMILES string of the molecule is CNC(CC1CCCCC1)c1cc(F)ccc1Cl. The highest BCUT2D eigenvalue weighted by atomic mass is 35.5. The maximum Gasteiger partial charge on any atom is 0.123 e. The van der Waals surface area contributed by atoms with Gasteiger partial charge in [-0.2, -0.15) is 0 Å². The maximum atomic E-state index is 13.3. The lowest BCUT2D eigenvalue weighted by Gasteiger charge is -2.27. The van der Waals surface area contributed by atoms with Gasteiger partial charge in [-0.25, -0.2) is 4.39 Å². The first-order chi connectivity index (χ1) is 8.70. The van der Waals surface area contributed by atoms with E-state index in [1.807, 2.05) is 7.05 Å². The largest absolute Gasteiger partial charge is 0.313 e. The Bertz CT molecular complexity index is 388. The van der Waals surface area contributed by atoms with Crippen molar-refractivity contribution < 1.29 is 4.39 Å². The molecule has 1 aromatic rings. The topological polar surface area (TPSA) is 12.0 Å². The molecule has 0 bridgehead atoms. The highest BCUT2D eigenvalue weighted by Crippen LogP contribution is 2.34. The quantitative estimate of drug-likeness (QED) is 0.835. The third-order valence-electron chi connectivity index (χ3n) is 3.98. The standard InChI is InChI=1S/C15H21ClFN/c1-18-15(9-11-5-3-2-4-6-11)13-10-12(17)7-8-14(13)16/h7-8,10-11,15,18H,2-6,9H2,1H3. The van der Waals surface area contributed by atoms with Crippen LogP contribution in [0, 0.1) is 11.7 Å². The molecule has 1 atom stereocenters. The second-order valence-corrected chi connectivity index (χ2v) is 5.65. The van der Waals surface area contributed by atoms with Gasteiger partial charge in [-0.1, -0.05) is 43.7 Å². The Morgan fingerprint density at radius 2 is 2.06 bits per heavy atom. The van der Waals surface area contributed by atoms with E-state index in [4.69, 9.17) is 11.6 Å². The van der Waals surface area contributed by atoms with Gasteiger partial charge in [-0.3, -0.25) is 0 Å². The third kappa shape index (κ3) is 3.46. The molecular weight excluding hydrogens is 249 g/mol. The Hall–Kier alpha value is -0.600. The summed E-state index contributed by atoms with van der Waals surface area (Å²) < 4.78 is 13.3. The van der Waals surface area contributed by atoms with E-state index in [1.54, 1.807) is 12.1 Å². The van der Waals surface area contributed by atoms with Crippen LogP contribution in [0.3, 0.4) is 0 Å². The number of benzene rings is 1. The van der Waals surface area contributed by atoms with Gasteiger partial charge in [-0.15, -0.1) is 0 Å². The van der Waals surface area contributed by atoms with Gasteiger partial charge >= 0.3 is 0 Å². The summed E-state index contributed by atoms with van der Waals surface area (Å²) in [6.07, 6.45) is 7.67. The molecule has 0 saturated heterocycles. The van der Waals surface area contributed by atoms with Crippen molar-refractivity contribution in [2.24, 2.45) is 5.92 Å². The summed E-state index contributed by atoms with van der Waals surface area (Å²) >= 11 is 6.18. The average molecular weight is 270 g/mol. The van der Waals surface area contributed by atoms with Crippen molar-refractivity contribution in [1.29, 1.82) is 0 Å². The molecule has 1 aromatic carbocycles. The first kappa shape index (κ1) is 13.8. The Labute approximate surface area is 114 Å². The second kappa shape index (κ2) is 6.53. The molecule has 0 aromatic heterocycles. The van der Waals surface area contributed by atoms with Crippen LogP contribution in [-0.2, 0) is 0 Å². The van der Waals surface area contributed by atoms with Crippen LogP contribution in [0.15, 0.2) is 18.2 Å². The lowest BCUT2D eigenvalue weighted by atomic mass is 9.83. The van der Waals surface area contributed by atoms with Crippen molar-refractivity contribution in [3.8, 4) is 0 Å². The van der Waals surface area contributed by atoms with E-state index in [0.717, 1.165) is 17.9 Å². The minimum Gasteiger partial charge on any atom is -0.313 e. The van der Waals surface area contributed by atoms with Crippen molar-refractivity contribution in [1.82, 2.24) is 5.32 Å². The van der Waals surface area contributed by atoms with Crippen LogP contribution in [0.1, 0.15) is 50.1 Å². The number of rotatable bonds is 4. The molecule has 1 aliphatic carbocycles. The summed E-state index contributed by atoms with van der Waals surface area (Å²) in [5.41, 5.74) is 0.893. The number of hydrogen-bond donors (Lipinski definition) is 1. The highest BCUT2D eigenvalue weighted by molar-refractivity contribution is 6.31. The molecular formula is C15H21ClFN. The minimum atomic E-state index is -0.210. The van der Waals surface area contributed by atoms with Gasteiger partial charge in [0, 0.05) is 11.1 Å². The fourth-order valence-corrected chi connectivity index (χ4v) is 3.19. The first-order valence-electron chi connectivity index (χ1n) is 6.83. The van der Waals surface area contributed by atoms with Crippen molar-refractivity contribution >= 4 is 11.6 Å². The fourth-order valence-electron chi connectivity index (χ4n) is 2.94. The van der Waals surface area contributed by atoms with Crippen LogP contribution in [0.2, 0.25) is 5.02 Å². The van der Waals surface area contributed by atoms with E-state index < -0.39 is 0 Å². The predicted octanol–water partition coefficient (Wildman–Crippen LogP) is 4.71. The Morgan fingerprint density at radius 3 is 2.72 bits per heavy atom. The monoisotopic (exact) mass is 269 g/mol. The molecule has 0 heterocycles. The number of halogens is 2. The zero-order valence-corrected chi connectivity index (χ0v) is 11.6. The Balaban J connectivity index is 2.09. The van der Waals surface area contributed by atoms with Crippen LogP contribution in [-0.4, -0.2) is 7.05 Å². The summed E-state index contributed by atoms with van der Waals surface area (Å²) in [6.45, 7) is 0. The van der Waals surface area contributed by atoms with Crippen LogP contribution >= 0.6 is 11.6 Å². The third-order valence-corrected chi connectivity index (χ3v) is 4.32. The molecule has 1 aliphatic rings. The van der Waals surface area contributed by atoms with Crippen molar-refractivity contribution in [2.45, 2.75) is 44.6 Å². The van der Waals surface area contributed by atoms with Crippen molar-refractivity contribution in [3.63, 3.8) is 0 Å². The summed E-state index contributed by atoms with van der Waals surface area (Å²) in [5, 5.41) is 3.94. The van der Waals surface area contributed by atoms with E-state index in [1.165, 1.54) is 38.2 Å². The zero-order chi connectivity index (χ0) is 13.0. The van der Waals surface area contributed by atoms with Gasteiger partial charge in [-0.05, 0) is 43.1 Å². The summed E-state index contributed by atoms with van der Waals surface area (Å²) in [5.74, 6) is 0.536. The molecule has 3 heteroatoms.